The molecular weight excluding hydrogens is 208 g/mol. The molecular formula is C11H18N2O3. The smallest absolute Gasteiger partial charge is 0.306 e. The highest BCUT2D eigenvalue weighted by atomic mass is 16.4. The lowest BCUT2D eigenvalue weighted by atomic mass is 9.87. The maximum atomic E-state index is 11.1. The van der Waals surface area contributed by atoms with E-state index < -0.39 is 24.8 Å². The van der Waals surface area contributed by atoms with Crippen LogP contribution in [0.25, 0.3) is 0 Å². The SMILES string of the molecule is [2H]C([2H])([2H])n1cncc1C[C@@H](CO)[C@H](CC)C(=O)O. The molecule has 0 unspecified atom stereocenters. The number of imidazole rings is 1. The summed E-state index contributed by atoms with van der Waals surface area (Å²) in [6.07, 6.45) is 3.13. The molecule has 2 N–H and O–H groups in total. The number of hydrogen-bond acceptors (Lipinski definition) is 3. The van der Waals surface area contributed by atoms with E-state index in [1.807, 2.05) is 0 Å². The zero-order valence-electron chi connectivity index (χ0n) is 12.1. The summed E-state index contributed by atoms with van der Waals surface area (Å²) in [6.45, 7) is -0.934. The number of carboxylic acids is 1. The zero-order chi connectivity index (χ0) is 14.6. The summed E-state index contributed by atoms with van der Waals surface area (Å²) < 4.78 is 23.1. The van der Waals surface area contributed by atoms with Crippen molar-refractivity contribution in [2.45, 2.75) is 19.8 Å². The molecule has 1 aromatic heterocycles. The highest BCUT2D eigenvalue weighted by Crippen LogP contribution is 2.20. The first-order valence-electron chi connectivity index (χ1n) is 6.66. The molecule has 0 aliphatic heterocycles. The van der Waals surface area contributed by atoms with E-state index in [2.05, 4.69) is 4.98 Å². The van der Waals surface area contributed by atoms with E-state index in [-0.39, 0.29) is 13.0 Å². The number of hydrogen-bond donors (Lipinski definition) is 2. The molecule has 2 atom stereocenters. The van der Waals surface area contributed by atoms with Crippen molar-refractivity contribution in [3.05, 3.63) is 18.2 Å². The molecule has 0 bridgehead atoms. The van der Waals surface area contributed by atoms with Gasteiger partial charge in [-0.15, -0.1) is 0 Å². The third kappa shape index (κ3) is 2.82. The van der Waals surface area contributed by atoms with Gasteiger partial charge >= 0.3 is 5.97 Å². The van der Waals surface area contributed by atoms with E-state index in [1.165, 1.54) is 12.5 Å². The Balaban J connectivity index is 2.94. The number of nitrogens with zero attached hydrogens (tertiary/aromatic N) is 2. The van der Waals surface area contributed by atoms with Crippen molar-refractivity contribution in [1.82, 2.24) is 9.55 Å². The normalized spacial score (nSPS) is 18.2. The number of carbonyl (C=O) groups is 1. The van der Waals surface area contributed by atoms with Crippen LogP contribution in [-0.4, -0.2) is 32.3 Å². The average Bonchev–Trinajstić information content (AvgIpc) is 2.75. The van der Waals surface area contributed by atoms with E-state index in [0.29, 0.717) is 12.1 Å². The fourth-order valence-electron chi connectivity index (χ4n) is 1.79. The summed E-state index contributed by atoms with van der Waals surface area (Å²) in [5.41, 5.74) is 0.402. The maximum Gasteiger partial charge on any atom is 0.306 e. The summed E-state index contributed by atoms with van der Waals surface area (Å²) in [4.78, 5) is 14.9. The fourth-order valence-corrected chi connectivity index (χ4v) is 1.79. The third-order valence-electron chi connectivity index (χ3n) is 2.75. The van der Waals surface area contributed by atoms with Crippen molar-refractivity contribution >= 4 is 5.97 Å². The highest BCUT2D eigenvalue weighted by molar-refractivity contribution is 5.70. The second-order valence-corrected chi connectivity index (χ2v) is 3.75. The number of aromatic nitrogens is 2. The predicted octanol–water partition coefficient (Wildman–Crippen LogP) is 0.682. The van der Waals surface area contributed by atoms with E-state index in [0.717, 1.165) is 4.57 Å². The molecule has 16 heavy (non-hydrogen) atoms. The minimum Gasteiger partial charge on any atom is -0.481 e. The Labute approximate surface area is 99.0 Å². The van der Waals surface area contributed by atoms with E-state index in [1.54, 1.807) is 6.92 Å². The molecule has 0 aliphatic rings. The van der Waals surface area contributed by atoms with Crippen LogP contribution in [0.5, 0.6) is 0 Å². The van der Waals surface area contributed by atoms with Gasteiger partial charge in [0.05, 0.1) is 12.2 Å². The predicted molar refractivity (Wildman–Crippen MR) is 58.9 cm³/mol. The van der Waals surface area contributed by atoms with Crippen LogP contribution in [0.15, 0.2) is 12.5 Å². The molecule has 1 aromatic rings. The molecule has 0 spiro atoms. The first-order valence-corrected chi connectivity index (χ1v) is 5.16. The Kier molecular flexibility index (Phi) is 3.09. The molecule has 0 saturated heterocycles. The van der Waals surface area contributed by atoms with Gasteiger partial charge in [0.2, 0.25) is 0 Å². The van der Waals surface area contributed by atoms with Crippen molar-refractivity contribution < 1.29 is 19.1 Å². The molecule has 1 heterocycles. The zero-order valence-corrected chi connectivity index (χ0v) is 9.13. The van der Waals surface area contributed by atoms with Gasteiger partial charge in [-0.05, 0) is 12.8 Å². The van der Waals surface area contributed by atoms with Gasteiger partial charge in [0, 0.05) is 35.5 Å². The van der Waals surface area contributed by atoms with E-state index in [9.17, 15) is 9.90 Å². The lowest BCUT2D eigenvalue weighted by Gasteiger charge is -2.20. The van der Waals surface area contributed by atoms with Crippen LogP contribution < -0.4 is 0 Å². The third-order valence-corrected chi connectivity index (χ3v) is 2.75. The molecule has 1 rings (SSSR count). The van der Waals surface area contributed by atoms with Gasteiger partial charge in [-0.1, -0.05) is 6.92 Å². The van der Waals surface area contributed by atoms with Crippen molar-refractivity contribution in [1.29, 1.82) is 0 Å². The van der Waals surface area contributed by atoms with Crippen molar-refractivity contribution in [2.75, 3.05) is 6.61 Å². The minimum absolute atomic E-state index is 0.166. The molecule has 0 amide bonds. The molecule has 0 aliphatic carbocycles. The van der Waals surface area contributed by atoms with E-state index in [4.69, 9.17) is 9.22 Å². The monoisotopic (exact) mass is 229 g/mol. The summed E-state index contributed by atoms with van der Waals surface area (Å²) in [6, 6.07) is 0. The Bertz CT molecular complexity index is 431. The summed E-state index contributed by atoms with van der Waals surface area (Å²) in [5.74, 6) is -2.22. The maximum absolute atomic E-state index is 11.1. The van der Waals surface area contributed by atoms with Gasteiger partial charge in [-0.25, -0.2) is 4.98 Å². The van der Waals surface area contributed by atoms with Crippen molar-refractivity contribution in [3.8, 4) is 0 Å². The number of aryl methyl sites for hydroxylation is 1. The van der Waals surface area contributed by atoms with Gasteiger partial charge in [0.15, 0.2) is 0 Å². The molecule has 5 nitrogen and oxygen atoms in total. The number of aliphatic hydroxyl groups excluding tert-OH is 1. The van der Waals surface area contributed by atoms with Gasteiger partial charge in [-0.3, -0.25) is 4.79 Å². The van der Waals surface area contributed by atoms with Crippen LogP contribution in [-0.2, 0) is 18.2 Å². The lowest BCUT2D eigenvalue weighted by Crippen LogP contribution is -2.28. The first kappa shape index (κ1) is 8.75. The summed E-state index contributed by atoms with van der Waals surface area (Å²) >= 11 is 0. The standard InChI is InChI=1S/C11H18N2O3/c1-3-10(11(15)16)8(6-14)4-9-5-12-7-13(9)2/h5,7-8,10,14H,3-4,6H2,1-2H3,(H,15,16)/t8-,10-/m0/s1/i2D3. The van der Waals surface area contributed by atoms with Crippen LogP contribution in [0.3, 0.4) is 0 Å². The average molecular weight is 229 g/mol. The second-order valence-electron chi connectivity index (χ2n) is 3.75. The van der Waals surface area contributed by atoms with Crippen LogP contribution >= 0.6 is 0 Å². The van der Waals surface area contributed by atoms with E-state index >= 15 is 0 Å². The number of carboxylic acid groups (broad SMARTS) is 1. The van der Waals surface area contributed by atoms with Crippen LogP contribution in [0.4, 0.5) is 0 Å². The quantitative estimate of drug-likeness (QED) is 0.752. The Hall–Kier alpha value is -1.36. The van der Waals surface area contributed by atoms with Crippen LogP contribution in [0, 0.1) is 11.8 Å². The fraction of sp³-hybridized carbons (Fsp3) is 0.636. The summed E-state index contributed by atoms with van der Waals surface area (Å²) in [7, 11) is 0. The first-order chi connectivity index (χ1) is 8.81. The topological polar surface area (TPSA) is 75.3 Å². The van der Waals surface area contributed by atoms with Gasteiger partial charge in [0.1, 0.15) is 0 Å². The minimum atomic E-state index is -2.35. The highest BCUT2D eigenvalue weighted by Gasteiger charge is 2.26. The van der Waals surface area contributed by atoms with Crippen LogP contribution in [0.2, 0.25) is 0 Å². The number of aliphatic carboxylic acids is 1. The molecule has 0 saturated carbocycles. The summed E-state index contributed by atoms with van der Waals surface area (Å²) in [5, 5.41) is 18.4. The van der Waals surface area contributed by atoms with Crippen molar-refractivity contribution in [2.24, 2.45) is 18.8 Å². The number of aliphatic hydroxyl groups is 1. The number of rotatable bonds is 6. The molecule has 0 fully saturated rings. The molecule has 0 aromatic carbocycles. The van der Waals surface area contributed by atoms with Crippen LogP contribution in [0.1, 0.15) is 23.2 Å². The second kappa shape index (κ2) is 5.65. The molecule has 90 valence electrons. The van der Waals surface area contributed by atoms with Crippen molar-refractivity contribution in [3.63, 3.8) is 0 Å². The molecule has 0 radical (unpaired) electrons. The molecule has 5 heteroatoms. The van der Waals surface area contributed by atoms with Gasteiger partial charge < -0.3 is 14.8 Å². The Morgan fingerprint density at radius 3 is 3.00 bits per heavy atom. The lowest BCUT2D eigenvalue weighted by molar-refractivity contribution is -0.144. The largest absolute Gasteiger partial charge is 0.481 e. The van der Waals surface area contributed by atoms with Gasteiger partial charge in [0.25, 0.3) is 0 Å². The Morgan fingerprint density at radius 2 is 2.50 bits per heavy atom. The van der Waals surface area contributed by atoms with Gasteiger partial charge in [-0.2, -0.15) is 0 Å². The Morgan fingerprint density at radius 1 is 1.75 bits per heavy atom.